The number of benzene rings is 1. The molecule has 1 aromatic carbocycles. The van der Waals surface area contributed by atoms with Gasteiger partial charge in [0.1, 0.15) is 0 Å². The average molecular weight is 314 g/mol. The van der Waals surface area contributed by atoms with Crippen molar-refractivity contribution < 1.29 is 18.3 Å². The van der Waals surface area contributed by atoms with Crippen LogP contribution in [0.5, 0.6) is 0 Å². The van der Waals surface area contributed by atoms with Crippen molar-refractivity contribution in [2.24, 2.45) is 0 Å². The Morgan fingerprint density at radius 2 is 1.94 bits per heavy atom. The SMILES string of the molecule is O=S(=O)(NCCOCCO)c1ccc(Cl)c(Cl)c1. The molecule has 1 aromatic rings. The van der Waals surface area contributed by atoms with Gasteiger partial charge in [0.25, 0.3) is 0 Å². The summed E-state index contributed by atoms with van der Waals surface area (Å²) in [4.78, 5) is 0.0408. The van der Waals surface area contributed by atoms with Crippen molar-refractivity contribution >= 4 is 33.2 Å². The number of hydrogen-bond acceptors (Lipinski definition) is 4. The van der Waals surface area contributed by atoms with Gasteiger partial charge in [-0.1, -0.05) is 23.2 Å². The summed E-state index contributed by atoms with van der Waals surface area (Å²) >= 11 is 11.4. The van der Waals surface area contributed by atoms with E-state index in [0.29, 0.717) is 5.02 Å². The Kier molecular flexibility index (Phi) is 6.34. The van der Waals surface area contributed by atoms with Gasteiger partial charge in [-0.05, 0) is 18.2 Å². The maximum Gasteiger partial charge on any atom is 0.240 e. The lowest BCUT2D eigenvalue weighted by Crippen LogP contribution is -2.27. The van der Waals surface area contributed by atoms with E-state index in [2.05, 4.69) is 4.72 Å². The van der Waals surface area contributed by atoms with Crippen LogP contribution in [0.25, 0.3) is 0 Å². The van der Waals surface area contributed by atoms with E-state index in [0.717, 1.165) is 0 Å². The van der Waals surface area contributed by atoms with E-state index in [1.165, 1.54) is 18.2 Å². The number of halogens is 2. The first-order chi connectivity index (χ1) is 8.47. The lowest BCUT2D eigenvalue weighted by molar-refractivity contribution is 0.0961. The fourth-order valence-corrected chi connectivity index (χ4v) is 2.54. The summed E-state index contributed by atoms with van der Waals surface area (Å²) in [5.41, 5.74) is 0. The van der Waals surface area contributed by atoms with Gasteiger partial charge in [0.05, 0.1) is 34.8 Å². The van der Waals surface area contributed by atoms with E-state index in [1.807, 2.05) is 0 Å². The first-order valence-electron chi connectivity index (χ1n) is 5.10. The van der Waals surface area contributed by atoms with E-state index >= 15 is 0 Å². The molecule has 0 aromatic heterocycles. The minimum Gasteiger partial charge on any atom is -0.394 e. The highest BCUT2D eigenvalue weighted by molar-refractivity contribution is 7.89. The van der Waals surface area contributed by atoms with Gasteiger partial charge >= 0.3 is 0 Å². The van der Waals surface area contributed by atoms with Gasteiger partial charge in [-0.3, -0.25) is 0 Å². The van der Waals surface area contributed by atoms with Crippen LogP contribution in [-0.4, -0.2) is 39.9 Å². The number of nitrogens with one attached hydrogen (secondary N) is 1. The molecule has 0 aliphatic carbocycles. The summed E-state index contributed by atoms with van der Waals surface area (Å²) in [7, 11) is -3.62. The summed E-state index contributed by atoms with van der Waals surface area (Å²) in [5, 5.41) is 8.94. The minimum absolute atomic E-state index is 0.0408. The molecule has 0 spiro atoms. The molecule has 2 N–H and O–H groups in total. The van der Waals surface area contributed by atoms with Crippen molar-refractivity contribution in [3.05, 3.63) is 28.2 Å². The van der Waals surface area contributed by atoms with Gasteiger partial charge in [0.15, 0.2) is 0 Å². The second-order valence-corrected chi connectivity index (χ2v) is 5.89. The van der Waals surface area contributed by atoms with Gasteiger partial charge in [-0.2, -0.15) is 0 Å². The van der Waals surface area contributed by atoms with Crippen molar-refractivity contribution in [3.63, 3.8) is 0 Å². The molecular weight excluding hydrogens is 301 g/mol. The highest BCUT2D eigenvalue weighted by Gasteiger charge is 2.14. The zero-order chi connectivity index (χ0) is 13.6. The van der Waals surface area contributed by atoms with E-state index in [-0.39, 0.29) is 36.3 Å². The molecule has 0 saturated carbocycles. The second kappa shape index (κ2) is 7.28. The third kappa shape index (κ3) is 4.72. The Morgan fingerprint density at radius 1 is 1.22 bits per heavy atom. The van der Waals surface area contributed by atoms with Crippen molar-refractivity contribution in [1.29, 1.82) is 0 Å². The summed E-state index contributed by atoms with van der Waals surface area (Å²) < 4.78 is 30.9. The molecule has 0 unspecified atom stereocenters. The lowest BCUT2D eigenvalue weighted by Gasteiger charge is -2.07. The van der Waals surface area contributed by atoms with E-state index in [4.69, 9.17) is 33.0 Å². The van der Waals surface area contributed by atoms with Gasteiger partial charge < -0.3 is 9.84 Å². The number of ether oxygens (including phenoxy) is 1. The molecule has 0 heterocycles. The molecule has 0 aliphatic heterocycles. The molecule has 18 heavy (non-hydrogen) atoms. The molecule has 1 rings (SSSR count). The molecule has 8 heteroatoms. The molecule has 5 nitrogen and oxygen atoms in total. The van der Waals surface area contributed by atoms with E-state index < -0.39 is 10.0 Å². The topological polar surface area (TPSA) is 75.6 Å². The predicted molar refractivity (Wildman–Crippen MR) is 69.6 cm³/mol. The van der Waals surface area contributed by atoms with Gasteiger partial charge in [-0.15, -0.1) is 0 Å². The van der Waals surface area contributed by atoms with Crippen LogP contribution >= 0.6 is 23.2 Å². The van der Waals surface area contributed by atoms with Crippen LogP contribution in [0.1, 0.15) is 0 Å². The van der Waals surface area contributed by atoms with E-state index in [9.17, 15) is 8.42 Å². The zero-order valence-corrected chi connectivity index (χ0v) is 11.7. The third-order valence-electron chi connectivity index (χ3n) is 1.98. The number of sulfonamides is 1. The van der Waals surface area contributed by atoms with Crippen molar-refractivity contribution in [2.45, 2.75) is 4.90 Å². The highest BCUT2D eigenvalue weighted by atomic mass is 35.5. The average Bonchev–Trinajstić information content (AvgIpc) is 2.32. The highest BCUT2D eigenvalue weighted by Crippen LogP contribution is 2.24. The Bertz CT molecular complexity index is 493. The van der Waals surface area contributed by atoms with Crippen LogP contribution in [-0.2, 0) is 14.8 Å². The van der Waals surface area contributed by atoms with Gasteiger partial charge in [-0.25, -0.2) is 13.1 Å². The maximum atomic E-state index is 11.8. The Hall–Kier alpha value is -0.370. The smallest absolute Gasteiger partial charge is 0.240 e. The number of rotatable bonds is 7. The van der Waals surface area contributed by atoms with Crippen LogP contribution in [0.2, 0.25) is 10.0 Å². The molecule has 0 fully saturated rings. The summed E-state index contributed by atoms with van der Waals surface area (Å²) in [5.74, 6) is 0. The Balaban J connectivity index is 2.60. The zero-order valence-electron chi connectivity index (χ0n) is 9.40. The fraction of sp³-hybridized carbons (Fsp3) is 0.400. The van der Waals surface area contributed by atoms with Crippen LogP contribution in [0.15, 0.2) is 23.1 Å². The van der Waals surface area contributed by atoms with Gasteiger partial charge in [0.2, 0.25) is 10.0 Å². The summed E-state index contributed by atoms with van der Waals surface area (Å²) in [6.07, 6.45) is 0. The summed E-state index contributed by atoms with van der Waals surface area (Å²) in [6, 6.07) is 4.06. The number of aliphatic hydroxyl groups excluding tert-OH is 1. The lowest BCUT2D eigenvalue weighted by atomic mass is 10.4. The summed E-state index contributed by atoms with van der Waals surface area (Å²) in [6.45, 7) is 0.373. The third-order valence-corrected chi connectivity index (χ3v) is 4.17. The van der Waals surface area contributed by atoms with Crippen LogP contribution < -0.4 is 4.72 Å². The minimum atomic E-state index is -3.62. The standard InChI is InChI=1S/C10H13Cl2NO4S/c11-9-2-1-8(7-10(9)12)18(15,16)13-3-5-17-6-4-14/h1-2,7,13-14H,3-6H2. The van der Waals surface area contributed by atoms with E-state index in [1.54, 1.807) is 0 Å². The molecule has 0 aliphatic rings. The second-order valence-electron chi connectivity index (χ2n) is 3.31. The largest absolute Gasteiger partial charge is 0.394 e. The molecular formula is C10H13Cl2NO4S. The van der Waals surface area contributed by atoms with Crippen molar-refractivity contribution in [1.82, 2.24) is 4.72 Å². The normalized spacial score (nSPS) is 11.7. The first kappa shape index (κ1) is 15.7. The molecule has 0 saturated heterocycles. The number of aliphatic hydroxyl groups is 1. The quantitative estimate of drug-likeness (QED) is 0.744. The monoisotopic (exact) mass is 313 g/mol. The first-order valence-corrected chi connectivity index (χ1v) is 7.34. The number of hydrogen-bond donors (Lipinski definition) is 2. The molecule has 0 radical (unpaired) electrons. The maximum absolute atomic E-state index is 11.8. The van der Waals surface area contributed by atoms with Crippen LogP contribution in [0.4, 0.5) is 0 Å². The predicted octanol–water partition coefficient (Wildman–Crippen LogP) is 1.28. The van der Waals surface area contributed by atoms with Gasteiger partial charge in [0, 0.05) is 6.54 Å². The molecule has 0 atom stereocenters. The fourth-order valence-electron chi connectivity index (χ4n) is 1.14. The molecule has 0 amide bonds. The Labute approximate surface area is 116 Å². The van der Waals surface area contributed by atoms with Crippen molar-refractivity contribution in [2.75, 3.05) is 26.4 Å². The van der Waals surface area contributed by atoms with Crippen LogP contribution in [0, 0.1) is 0 Å². The van der Waals surface area contributed by atoms with Crippen LogP contribution in [0.3, 0.4) is 0 Å². The van der Waals surface area contributed by atoms with Crippen molar-refractivity contribution in [3.8, 4) is 0 Å². The Morgan fingerprint density at radius 3 is 2.56 bits per heavy atom. The molecule has 0 bridgehead atoms. The molecule has 102 valence electrons.